The lowest BCUT2D eigenvalue weighted by Crippen LogP contribution is -2.20. The fourth-order valence-electron chi connectivity index (χ4n) is 2.80. The predicted molar refractivity (Wildman–Crippen MR) is 85.8 cm³/mol. The predicted octanol–water partition coefficient (Wildman–Crippen LogP) is 2.64. The van der Waals surface area contributed by atoms with Crippen molar-refractivity contribution in [2.75, 3.05) is 11.9 Å². The summed E-state index contributed by atoms with van der Waals surface area (Å²) in [4.78, 5) is 14.0. The van der Waals surface area contributed by atoms with E-state index in [1.54, 1.807) is 12.4 Å². The Morgan fingerprint density at radius 3 is 2.86 bits per heavy atom. The molecule has 0 aliphatic heterocycles. The molecule has 0 amide bonds. The van der Waals surface area contributed by atoms with Gasteiger partial charge in [-0.2, -0.15) is 0 Å². The van der Waals surface area contributed by atoms with Crippen LogP contribution in [0.25, 0.3) is 11.0 Å². The van der Waals surface area contributed by atoms with Crippen molar-refractivity contribution in [2.45, 2.75) is 25.0 Å². The molecular formula is C17H18N4O. The van der Waals surface area contributed by atoms with Gasteiger partial charge in [-0.1, -0.05) is 6.07 Å². The van der Waals surface area contributed by atoms with E-state index in [9.17, 15) is 5.11 Å². The normalized spacial score (nSPS) is 15.9. The Bertz CT molecular complexity index is 792. The summed E-state index contributed by atoms with van der Waals surface area (Å²) in [5.74, 6) is 0.957. The van der Waals surface area contributed by atoms with E-state index in [2.05, 4.69) is 26.9 Å². The number of aliphatic hydroxyl groups excluding tert-OH is 1. The highest BCUT2D eigenvalue weighted by Gasteiger charge is 2.27. The highest BCUT2D eigenvalue weighted by atomic mass is 16.3. The molecule has 1 atom stereocenters. The van der Waals surface area contributed by atoms with Crippen molar-refractivity contribution >= 4 is 16.9 Å². The first kappa shape index (κ1) is 13.3. The minimum atomic E-state index is -0.703. The SMILES string of the molecule is CN(c1ccc(C(O)c2c[nH]c3ncccc23)cn1)C1CC1. The lowest BCUT2D eigenvalue weighted by Gasteiger charge is -2.18. The van der Waals surface area contributed by atoms with E-state index in [1.165, 1.54) is 12.8 Å². The first-order valence-electron chi connectivity index (χ1n) is 7.53. The second kappa shape index (κ2) is 5.10. The van der Waals surface area contributed by atoms with Crippen LogP contribution >= 0.6 is 0 Å². The quantitative estimate of drug-likeness (QED) is 0.776. The summed E-state index contributed by atoms with van der Waals surface area (Å²) in [5, 5.41) is 11.6. The van der Waals surface area contributed by atoms with Crippen LogP contribution in [0.2, 0.25) is 0 Å². The molecule has 0 radical (unpaired) electrons. The third-order valence-electron chi connectivity index (χ3n) is 4.32. The van der Waals surface area contributed by atoms with Crippen molar-refractivity contribution in [1.82, 2.24) is 15.0 Å². The van der Waals surface area contributed by atoms with Gasteiger partial charge in [0.15, 0.2) is 0 Å². The minimum Gasteiger partial charge on any atom is -0.384 e. The molecule has 0 saturated heterocycles. The monoisotopic (exact) mass is 294 g/mol. The zero-order valence-electron chi connectivity index (χ0n) is 12.4. The maximum Gasteiger partial charge on any atom is 0.137 e. The molecule has 22 heavy (non-hydrogen) atoms. The summed E-state index contributed by atoms with van der Waals surface area (Å²) in [6.07, 6.45) is 7.08. The highest BCUT2D eigenvalue weighted by Crippen LogP contribution is 2.31. The molecule has 1 saturated carbocycles. The Kier molecular flexibility index (Phi) is 3.08. The molecule has 0 spiro atoms. The number of fused-ring (bicyclic) bond motifs is 1. The molecule has 112 valence electrons. The highest BCUT2D eigenvalue weighted by molar-refractivity contribution is 5.80. The summed E-state index contributed by atoms with van der Waals surface area (Å²) >= 11 is 0. The van der Waals surface area contributed by atoms with E-state index in [0.717, 1.165) is 28.0 Å². The van der Waals surface area contributed by atoms with E-state index >= 15 is 0 Å². The molecule has 1 aliphatic carbocycles. The van der Waals surface area contributed by atoms with E-state index in [4.69, 9.17) is 0 Å². The van der Waals surface area contributed by atoms with Crippen LogP contribution in [0.5, 0.6) is 0 Å². The van der Waals surface area contributed by atoms with Gasteiger partial charge in [0.25, 0.3) is 0 Å². The first-order chi connectivity index (χ1) is 10.7. The Morgan fingerprint density at radius 1 is 1.27 bits per heavy atom. The second-order valence-corrected chi connectivity index (χ2v) is 5.84. The van der Waals surface area contributed by atoms with Crippen molar-refractivity contribution in [3.8, 4) is 0 Å². The molecule has 0 aromatic carbocycles. The van der Waals surface area contributed by atoms with Crippen LogP contribution in [0.3, 0.4) is 0 Å². The van der Waals surface area contributed by atoms with E-state index in [0.29, 0.717) is 6.04 Å². The van der Waals surface area contributed by atoms with Crippen LogP contribution in [-0.2, 0) is 0 Å². The third-order valence-corrected chi connectivity index (χ3v) is 4.32. The molecule has 1 unspecified atom stereocenters. The Balaban J connectivity index is 1.63. The number of nitrogens with zero attached hydrogens (tertiary/aromatic N) is 3. The van der Waals surface area contributed by atoms with Gasteiger partial charge in [-0.3, -0.25) is 0 Å². The molecule has 2 N–H and O–H groups in total. The van der Waals surface area contributed by atoms with E-state index in [1.807, 2.05) is 30.5 Å². The topological polar surface area (TPSA) is 65.0 Å². The maximum atomic E-state index is 10.6. The fraction of sp³-hybridized carbons (Fsp3) is 0.294. The zero-order valence-corrected chi connectivity index (χ0v) is 12.4. The largest absolute Gasteiger partial charge is 0.384 e. The average molecular weight is 294 g/mol. The number of aromatic nitrogens is 3. The van der Waals surface area contributed by atoms with Gasteiger partial charge in [0.1, 0.15) is 17.6 Å². The fourth-order valence-corrected chi connectivity index (χ4v) is 2.80. The molecule has 3 aromatic rings. The molecule has 1 aliphatic rings. The van der Waals surface area contributed by atoms with Gasteiger partial charge in [-0.15, -0.1) is 0 Å². The van der Waals surface area contributed by atoms with Gasteiger partial charge in [-0.05, 0) is 31.0 Å². The molecule has 5 nitrogen and oxygen atoms in total. The Morgan fingerprint density at radius 2 is 2.14 bits per heavy atom. The van der Waals surface area contributed by atoms with Gasteiger partial charge >= 0.3 is 0 Å². The van der Waals surface area contributed by atoms with E-state index < -0.39 is 6.10 Å². The smallest absolute Gasteiger partial charge is 0.137 e. The molecule has 5 heteroatoms. The number of hydrogen-bond acceptors (Lipinski definition) is 4. The van der Waals surface area contributed by atoms with Crippen molar-refractivity contribution in [2.24, 2.45) is 0 Å². The van der Waals surface area contributed by atoms with Gasteiger partial charge in [0.05, 0.1) is 0 Å². The summed E-state index contributed by atoms with van der Waals surface area (Å²) in [6.45, 7) is 0. The Hall–Kier alpha value is -2.40. The number of pyridine rings is 2. The van der Waals surface area contributed by atoms with Crippen molar-refractivity contribution in [3.05, 3.63) is 54.0 Å². The van der Waals surface area contributed by atoms with Crippen molar-refractivity contribution in [1.29, 1.82) is 0 Å². The summed E-state index contributed by atoms with van der Waals surface area (Å²) in [6, 6.07) is 8.38. The summed E-state index contributed by atoms with van der Waals surface area (Å²) < 4.78 is 0. The van der Waals surface area contributed by atoms with Crippen molar-refractivity contribution < 1.29 is 5.11 Å². The van der Waals surface area contributed by atoms with E-state index in [-0.39, 0.29) is 0 Å². The molecule has 3 heterocycles. The maximum absolute atomic E-state index is 10.6. The van der Waals surface area contributed by atoms with Crippen LogP contribution in [0.4, 0.5) is 5.82 Å². The van der Waals surface area contributed by atoms with Crippen LogP contribution in [0, 0.1) is 0 Å². The van der Waals surface area contributed by atoms with Gasteiger partial charge in [0.2, 0.25) is 0 Å². The van der Waals surface area contributed by atoms with Gasteiger partial charge in [-0.25, -0.2) is 9.97 Å². The Labute approximate surface area is 128 Å². The number of nitrogens with one attached hydrogen (secondary N) is 1. The molecule has 1 fully saturated rings. The molecular weight excluding hydrogens is 276 g/mol. The summed E-state index contributed by atoms with van der Waals surface area (Å²) in [5.41, 5.74) is 2.40. The summed E-state index contributed by atoms with van der Waals surface area (Å²) in [7, 11) is 2.07. The van der Waals surface area contributed by atoms with Crippen LogP contribution in [0.15, 0.2) is 42.9 Å². The lowest BCUT2D eigenvalue weighted by atomic mass is 10.0. The number of aliphatic hydroxyl groups is 1. The van der Waals surface area contributed by atoms with Crippen LogP contribution in [-0.4, -0.2) is 33.1 Å². The number of rotatable bonds is 4. The minimum absolute atomic E-state index is 0.628. The number of anilines is 1. The average Bonchev–Trinajstić information content (AvgIpc) is 3.33. The van der Waals surface area contributed by atoms with Crippen LogP contribution in [0.1, 0.15) is 30.1 Å². The van der Waals surface area contributed by atoms with Crippen molar-refractivity contribution in [3.63, 3.8) is 0 Å². The number of aromatic amines is 1. The molecule has 3 aromatic heterocycles. The van der Waals surface area contributed by atoms with Gasteiger partial charge in [0, 0.05) is 48.2 Å². The number of H-pyrrole nitrogens is 1. The molecule has 0 bridgehead atoms. The van der Waals surface area contributed by atoms with Gasteiger partial charge < -0.3 is 15.0 Å². The lowest BCUT2D eigenvalue weighted by molar-refractivity contribution is 0.221. The standard InChI is InChI=1S/C17H18N4O/c1-21(12-5-6-12)15-7-4-11(9-19-15)16(22)14-10-20-17-13(14)3-2-8-18-17/h2-4,7-10,12,16,22H,5-6H2,1H3,(H,18,20). The zero-order chi connectivity index (χ0) is 15.1. The second-order valence-electron chi connectivity index (χ2n) is 5.84. The van der Waals surface area contributed by atoms with Crippen LogP contribution < -0.4 is 4.90 Å². The molecule has 4 rings (SSSR count). The third kappa shape index (κ3) is 2.23. The first-order valence-corrected chi connectivity index (χ1v) is 7.53. The number of hydrogen-bond donors (Lipinski definition) is 2.